The molecule has 94 valence electrons. The van der Waals surface area contributed by atoms with Gasteiger partial charge in [-0.05, 0) is 12.3 Å². The second-order valence-corrected chi connectivity index (χ2v) is 4.37. The van der Waals surface area contributed by atoms with Crippen LogP contribution >= 0.6 is 0 Å². The van der Waals surface area contributed by atoms with Crippen LogP contribution in [0.2, 0.25) is 0 Å². The van der Waals surface area contributed by atoms with E-state index in [9.17, 15) is 9.59 Å². The number of carbonyl (C=O) groups excluding carboxylic acids is 1. The number of hydrogen-bond acceptors (Lipinski definition) is 3. The SMILES string of the molecule is CCC(N)CC(=O)NCC(C(=O)O)C(C)C. The van der Waals surface area contributed by atoms with E-state index in [0.29, 0.717) is 0 Å². The largest absolute Gasteiger partial charge is 0.481 e. The average molecular weight is 230 g/mol. The van der Waals surface area contributed by atoms with E-state index in [-0.39, 0.29) is 30.8 Å². The molecule has 0 aromatic heterocycles. The number of nitrogens with two attached hydrogens (primary N) is 1. The van der Waals surface area contributed by atoms with E-state index in [1.165, 1.54) is 0 Å². The minimum absolute atomic E-state index is 0.00218. The summed E-state index contributed by atoms with van der Waals surface area (Å²) in [6, 6.07) is -0.151. The van der Waals surface area contributed by atoms with Gasteiger partial charge in [0.05, 0.1) is 5.92 Å². The fourth-order valence-corrected chi connectivity index (χ4v) is 1.29. The van der Waals surface area contributed by atoms with Crippen LogP contribution in [0.1, 0.15) is 33.6 Å². The Hall–Kier alpha value is -1.10. The maximum absolute atomic E-state index is 11.4. The fraction of sp³-hybridized carbons (Fsp3) is 0.818. The van der Waals surface area contributed by atoms with E-state index in [1.54, 1.807) is 0 Å². The molecule has 0 aliphatic rings. The Kier molecular flexibility index (Phi) is 6.72. The van der Waals surface area contributed by atoms with Crippen LogP contribution in [-0.4, -0.2) is 29.6 Å². The van der Waals surface area contributed by atoms with E-state index in [0.717, 1.165) is 6.42 Å². The molecule has 1 amide bonds. The Balaban J connectivity index is 4.02. The summed E-state index contributed by atoms with van der Waals surface area (Å²) < 4.78 is 0. The van der Waals surface area contributed by atoms with Gasteiger partial charge in [0, 0.05) is 19.0 Å². The van der Waals surface area contributed by atoms with E-state index >= 15 is 0 Å². The molecule has 2 atom stereocenters. The monoisotopic (exact) mass is 230 g/mol. The Bertz CT molecular complexity index is 241. The molecule has 0 fully saturated rings. The summed E-state index contributed by atoms with van der Waals surface area (Å²) in [5.74, 6) is -1.60. The van der Waals surface area contributed by atoms with Crippen molar-refractivity contribution in [1.82, 2.24) is 5.32 Å². The zero-order valence-corrected chi connectivity index (χ0v) is 10.2. The summed E-state index contributed by atoms with van der Waals surface area (Å²) in [7, 11) is 0. The van der Waals surface area contributed by atoms with Gasteiger partial charge in [0.1, 0.15) is 0 Å². The predicted molar refractivity (Wildman–Crippen MR) is 61.9 cm³/mol. The third-order valence-electron chi connectivity index (χ3n) is 2.61. The number of amides is 1. The lowest BCUT2D eigenvalue weighted by Crippen LogP contribution is -2.38. The zero-order chi connectivity index (χ0) is 12.7. The van der Waals surface area contributed by atoms with Crippen LogP contribution in [0.5, 0.6) is 0 Å². The third kappa shape index (κ3) is 5.70. The Labute approximate surface area is 96.4 Å². The molecule has 0 radical (unpaired) electrons. The Morgan fingerprint density at radius 2 is 1.94 bits per heavy atom. The molecule has 0 bridgehead atoms. The van der Waals surface area contributed by atoms with Crippen molar-refractivity contribution in [1.29, 1.82) is 0 Å². The van der Waals surface area contributed by atoms with Crippen molar-refractivity contribution in [3.05, 3.63) is 0 Å². The summed E-state index contributed by atoms with van der Waals surface area (Å²) in [5, 5.41) is 11.5. The molecule has 2 unspecified atom stereocenters. The highest BCUT2D eigenvalue weighted by molar-refractivity contribution is 5.77. The molecule has 0 heterocycles. The molecule has 4 N–H and O–H groups in total. The normalized spacial score (nSPS) is 14.6. The average Bonchev–Trinajstić information content (AvgIpc) is 2.16. The Morgan fingerprint density at radius 3 is 2.31 bits per heavy atom. The quantitative estimate of drug-likeness (QED) is 0.596. The molecular formula is C11H22N2O3. The van der Waals surface area contributed by atoms with Crippen molar-refractivity contribution < 1.29 is 14.7 Å². The highest BCUT2D eigenvalue weighted by Gasteiger charge is 2.22. The number of aliphatic carboxylic acids is 1. The number of carboxylic acid groups (broad SMARTS) is 1. The van der Waals surface area contributed by atoms with Crippen LogP contribution in [0, 0.1) is 11.8 Å². The third-order valence-corrected chi connectivity index (χ3v) is 2.61. The maximum atomic E-state index is 11.4. The van der Waals surface area contributed by atoms with Gasteiger partial charge >= 0.3 is 5.97 Å². The minimum atomic E-state index is -0.880. The van der Waals surface area contributed by atoms with E-state index in [2.05, 4.69) is 5.32 Å². The second-order valence-electron chi connectivity index (χ2n) is 4.37. The van der Waals surface area contributed by atoms with Gasteiger partial charge in [0.2, 0.25) is 5.91 Å². The zero-order valence-electron chi connectivity index (χ0n) is 10.2. The minimum Gasteiger partial charge on any atom is -0.481 e. The number of carboxylic acids is 1. The lowest BCUT2D eigenvalue weighted by Gasteiger charge is -2.17. The van der Waals surface area contributed by atoms with Gasteiger partial charge in [-0.15, -0.1) is 0 Å². The number of carbonyl (C=O) groups is 2. The van der Waals surface area contributed by atoms with Gasteiger partial charge in [-0.1, -0.05) is 20.8 Å². The van der Waals surface area contributed by atoms with Gasteiger partial charge in [0.15, 0.2) is 0 Å². The molecule has 0 aromatic carbocycles. The van der Waals surface area contributed by atoms with Crippen LogP contribution in [-0.2, 0) is 9.59 Å². The summed E-state index contributed by atoms with van der Waals surface area (Å²) in [4.78, 5) is 22.2. The summed E-state index contributed by atoms with van der Waals surface area (Å²) in [6.45, 7) is 5.72. The number of nitrogens with one attached hydrogen (secondary N) is 1. The van der Waals surface area contributed by atoms with Crippen LogP contribution in [0.15, 0.2) is 0 Å². The van der Waals surface area contributed by atoms with Crippen molar-refractivity contribution in [3.8, 4) is 0 Å². The molecule has 0 aromatic rings. The highest BCUT2D eigenvalue weighted by Crippen LogP contribution is 2.09. The molecule has 0 rings (SSSR count). The van der Waals surface area contributed by atoms with Gasteiger partial charge in [-0.25, -0.2) is 0 Å². The standard InChI is InChI=1S/C11H22N2O3/c1-4-8(12)5-10(14)13-6-9(7(2)3)11(15)16/h7-9H,4-6,12H2,1-3H3,(H,13,14)(H,15,16). The first-order chi connectivity index (χ1) is 7.38. The molecule has 5 nitrogen and oxygen atoms in total. The van der Waals surface area contributed by atoms with E-state index in [1.807, 2.05) is 20.8 Å². The molecular weight excluding hydrogens is 208 g/mol. The Morgan fingerprint density at radius 1 is 1.38 bits per heavy atom. The topological polar surface area (TPSA) is 92.4 Å². The fourth-order valence-electron chi connectivity index (χ4n) is 1.29. The highest BCUT2D eigenvalue weighted by atomic mass is 16.4. The van der Waals surface area contributed by atoms with Crippen LogP contribution < -0.4 is 11.1 Å². The first-order valence-corrected chi connectivity index (χ1v) is 5.63. The van der Waals surface area contributed by atoms with Gasteiger partial charge in [-0.3, -0.25) is 9.59 Å². The summed E-state index contributed by atoms with van der Waals surface area (Å²) >= 11 is 0. The van der Waals surface area contributed by atoms with Gasteiger partial charge < -0.3 is 16.2 Å². The predicted octanol–water partition coefficient (Wildman–Crippen LogP) is 0.587. The summed E-state index contributed by atoms with van der Waals surface area (Å²) in [6.07, 6.45) is 0.987. The lowest BCUT2D eigenvalue weighted by atomic mass is 9.96. The smallest absolute Gasteiger partial charge is 0.308 e. The molecule has 0 aliphatic carbocycles. The molecule has 0 spiro atoms. The van der Waals surface area contributed by atoms with Gasteiger partial charge in [-0.2, -0.15) is 0 Å². The van der Waals surface area contributed by atoms with Crippen molar-refractivity contribution in [2.24, 2.45) is 17.6 Å². The maximum Gasteiger partial charge on any atom is 0.308 e. The first kappa shape index (κ1) is 14.9. The van der Waals surface area contributed by atoms with E-state index < -0.39 is 11.9 Å². The van der Waals surface area contributed by atoms with Crippen molar-refractivity contribution in [2.45, 2.75) is 39.7 Å². The van der Waals surface area contributed by atoms with Crippen LogP contribution in [0.4, 0.5) is 0 Å². The van der Waals surface area contributed by atoms with E-state index in [4.69, 9.17) is 10.8 Å². The molecule has 0 saturated heterocycles. The summed E-state index contributed by atoms with van der Waals surface area (Å²) in [5.41, 5.74) is 5.62. The van der Waals surface area contributed by atoms with Crippen molar-refractivity contribution in [2.75, 3.05) is 6.54 Å². The van der Waals surface area contributed by atoms with Crippen LogP contribution in [0.25, 0.3) is 0 Å². The molecule has 0 aliphatic heterocycles. The second kappa shape index (κ2) is 7.22. The molecule has 16 heavy (non-hydrogen) atoms. The van der Waals surface area contributed by atoms with Crippen LogP contribution in [0.3, 0.4) is 0 Å². The van der Waals surface area contributed by atoms with Crippen molar-refractivity contribution in [3.63, 3.8) is 0 Å². The number of rotatable bonds is 7. The molecule has 0 saturated carbocycles. The first-order valence-electron chi connectivity index (χ1n) is 5.63. The number of hydrogen-bond donors (Lipinski definition) is 3. The van der Waals surface area contributed by atoms with Gasteiger partial charge in [0.25, 0.3) is 0 Å². The molecule has 5 heteroatoms. The lowest BCUT2D eigenvalue weighted by molar-refractivity contribution is -0.143. The van der Waals surface area contributed by atoms with Crippen molar-refractivity contribution >= 4 is 11.9 Å².